The lowest BCUT2D eigenvalue weighted by Crippen LogP contribution is -2.36. The number of nitrogen functional groups attached to an aromatic ring is 1. The van der Waals surface area contributed by atoms with Crippen LogP contribution in [0.5, 0.6) is 0 Å². The molecule has 0 atom stereocenters. The third kappa shape index (κ3) is 3.47. The molecular formula is C18H22N6O. The molecule has 0 spiro atoms. The number of anilines is 1. The van der Waals surface area contributed by atoms with E-state index in [0.29, 0.717) is 5.82 Å². The van der Waals surface area contributed by atoms with Crippen molar-refractivity contribution >= 4 is 11.5 Å². The molecule has 2 N–H and O–H groups in total. The molecule has 3 aromatic heterocycles. The van der Waals surface area contributed by atoms with Crippen molar-refractivity contribution in [2.45, 2.75) is 12.8 Å². The van der Waals surface area contributed by atoms with E-state index in [2.05, 4.69) is 20.0 Å². The molecule has 7 heteroatoms. The predicted molar refractivity (Wildman–Crippen MR) is 96.2 cm³/mol. The molecular weight excluding hydrogens is 316 g/mol. The summed E-state index contributed by atoms with van der Waals surface area (Å²) in [4.78, 5) is 11.4. The molecule has 4 rings (SSSR count). The monoisotopic (exact) mass is 338 g/mol. The van der Waals surface area contributed by atoms with Crippen LogP contribution in [0.1, 0.15) is 12.0 Å². The molecule has 3 aromatic rings. The van der Waals surface area contributed by atoms with E-state index in [-0.39, 0.29) is 0 Å². The van der Waals surface area contributed by atoms with Crippen molar-refractivity contribution in [2.24, 2.45) is 0 Å². The second-order valence-corrected chi connectivity index (χ2v) is 6.26. The van der Waals surface area contributed by atoms with Crippen molar-refractivity contribution in [2.75, 3.05) is 38.6 Å². The zero-order valence-electron chi connectivity index (χ0n) is 14.1. The molecule has 1 saturated heterocycles. The lowest BCUT2D eigenvalue weighted by Gasteiger charge is -2.26. The topological polar surface area (TPSA) is 81.6 Å². The maximum absolute atomic E-state index is 6.10. The van der Waals surface area contributed by atoms with E-state index in [0.717, 1.165) is 68.2 Å². The van der Waals surface area contributed by atoms with Crippen LogP contribution in [0.3, 0.4) is 0 Å². The van der Waals surface area contributed by atoms with E-state index in [4.69, 9.17) is 10.5 Å². The molecule has 0 amide bonds. The first-order chi connectivity index (χ1) is 12.3. The zero-order valence-corrected chi connectivity index (χ0v) is 14.1. The van der Waals surface area contributed by atoms with Crippen LogP contribution in [0.25, 0.3) is 16.9 Å². The summed E-state index contributed by atoms with van der Waals surface area (Å²) in [5, 5.41) is 4.41. The van der Waals surface area contributed by atoms with Crippen LogP contribution in [0, 0.1) is 0 Å². The van der Waals surface area contributed by atoms with Gasteiger partial charge in [0.1, 0.15) is 0 Å². The molecule has 130 valence electrons. The maximum Gasteiger partial charge on any atom is 0.166 e. The highest BCUT2D eigenvalue weighted by Gasteiger charge is 2.15. The second-order valence-electron chi connectivity index (χ2n) is 6.26. The SMILES string of the molecule is Nc1nn2cc(CCCN3CCOCC3)cnc2c1-c1ccccn1. The van der Waals surface area contributed by atoms with Crippen molar-refractivity contribution < 1.29 is 4.74 Å². The molecule has 1 aliphatic rings. The Hall–Kier alpha value is -2.51. The summed E-state index contributed by atoms with van der Waals surface area (Å²) in [6.07, 6.45) is 7.75. The Bertz CT molecular complexity index is 841. The summed E-state index contributed by atoms with van der Waals surface area (Å²) in [6.45, 7) is 4.83. The number of aryl methyl sites for hydroxylation is 1. The average Bonchev–Trinajstić information content (AvgIpc) is 2.98. The lowest BCUT2D eigenvalue weighted by atomic mass is 10.1. The standard InChI is InChI=1S/C18H22N6O/c19-17-16(15-5-1-2-6-20-15)18-21-12-14(13-24(18)22-17)4-3-7-23-8-10-25-11-9-23/h1-2,5-6,12-13H,3-4,7-11H2,(H2,19,22). The minimum Gasteiger partial charge on any atom is -0.382 e. The van der Waals surface area contributed by atoms with Gasteiger partial charge in [-0.1, -0.05) is 6.07 Å². The van der Waals surface area contributed by atoms with Crippen molar-refractivity contribution in [3.8, 4) is 11.3 Å². The largest absolute Gasteiger partial charge is 0.382 e. The first kappa shape index (κ1) is 16.0. The van der Waals surface area contributed by atoms with Crippen molar-refractivity contribution in [1.29, 1.82) is 0 Å². The van der Waals surface area contributed by atoms with Crippen LogP contribution < -0.4 is 5.73 Å². The smallest absolute Gasteiger partial charge is 0.166 e. The van der Waals surface area contributed by atoms with Crippen molar-refractivity contribution in [1.82, 2.24) is 24.5 Å². The molecule has 25 heavy (non-hydrogen) atoms. The van der Waals surface area contributed by atoms with E-state index in [1.54, 1.807) is 10.7 Å². The number of fused-ring (bicyclic) bond motifs is 1. The Morgan fingerprint density at radius 1 is 1.16 bits per heavy atom. The van der Waals surface area contributed by atoms with Crippen LogP contribution in [0.15, 0.2) is 36.8 Å². The van der Waals surface area contributed by atoms with Gasteiger partial charge in [0.05, 0.1) is 24.5 Å². The van der Waals surface area contributed by atoms with Gasteiger partial charge in [-0.2, -0.15) is 0 Å². The predicted octanol–water partition coefficient (Wildman–Crippen LogP) is 1.64. The van der Waals surface area contributed by atoms with E-state index in [9.17, 15) is 0 Å². The third-order valence-electron chi connectivity index (χ3n) is 4.52. The van der Waals surface area contributed by atoms with Crippen LogP contribution in [0.4, 0.5) is 5.82 Å². The highest BCUT2D eigenvalue weighted by atomic mass is 16.5. The fourth-order valence-corrected chi connectivity index (χ4v) is 3.21. The minimum absolute atomic E-state index is 0.455. The van der Waals surface area contributed by atoms with Gasteiger partial charge in [0.2, 0.25) is 0 Å². The molecule has 7 nitrogen and oxygen atoms in total. The molecule has 1 fully saturated rings. The van der Waals surface area contributed by atoms with Crippen LogP contribution >= 0.6 is 0 Å². The number of ether oxygens (including phenoxy) is 1. The van der Waals surface area contributed by atoms with Crippen molar-refractivity contribution in [3.05, 3.63) is 42.4 Å². The number of pyridine rings is 1. The highest BCUT2D eigenvalue weighted by molar-refractivity contribution is 5.84. The highest BCUT2D eigenvalue weighted by Crippen LogP contribution is 2.27. The van der Waals surface area contributed by atoms with Crippen LogP contribution in [-0.2, 0) is 11.2 Å². The number of nitrogens with zero attached hydrogens (tertiary/aromatic N) is 5. The van der Waals surface area contributed by atoms with Gasteiger partial charge in [-0.15, -0.1) is 5.10 Å². The summed E-state index contributed by atoms with van der Waals surface area (Å²) < 4.78 is 7.15. The van der Waals surface area contributed by atoms with Crippen LogP contribution in [-0.4, -0.2) is 57.3 Å². The summed E-state index contributed by atoms with van der Waals surface area (Å²) in [7, 11) is 0. The van der Waals surface area contributed by atoms with Crippen LogP contribution in [0.2, 0.25) is 0 Å². The summed E-state index contributed by atoms with van der Waals surface area (Å²) in [6, 6.07) is 5.74. The van der Waals surface area contributed by atoms with Gasteiger partial charge in [0.15, 0.2) is 11.5 Å². The van der Waals surface area contributed by atoms with Gasteiger partial charge < -0.3 is 10.5 Å². The minimum atomic E-state index is 0.455. The van der Waals surface area contributed by atoms with Gasteiger partial charge in [-0.05, 0) is 37.1 Å². The summed E-state index contributed by atoms with van der Waals surface area (Å²) >= 11 is 0. The van der Waals surface area contributed by atoms with Gasteiger partial charge >= 0.3 is 0 Å². The molecule has 4 heterocycles. The Kier molecular flexibility index (Phi) is 4.58. The van der Waals surface area contributed by atoms with E-state index in [1.165, 1.54) is 0 Å². The average molecular weight is 338 g/mol. The second kappa shape index (κ2) is 7.16. The number of rotatable bonds is 5. The summed E-state index contributed by atoms with van der Waals surface area (Å²) in [5.41, 5.74) is 9.60. The number of nitrogens with two attached hydrogens (primary N) is 1. The Balaban J connectivity index is 1.49. The van der Waals surface area contributed by atoms with E-state index >= 15 is 0 Å². The van der Waals surface area contributed by atoms with Gasteiger partial charge in [-0.3, -0.25) is 9.88 Å². The first-order valence-electron chi connectivity index (χ1n) is 8.65. The molecule has 0 aliphatic carbocycles. The fraction of sp³-hybridized carbons (Fsp3) is 0.389. The molecule has 1 aliphatic heterocycles. The molecule has 0 unspecified atom stereocenters. The first-order valence-corrected chi connectivity index (χ1v) is 8.65. The third-order valence-corrected chi connectivity index (χ3v) is 4.52. The number of hydrogen-bond acceptors (Lipinski definition) is 6. The van der Waals surface area contributed by atoms with Gasteiger partial charge in [0, 0.05) is 31.7 Å². The molecule has 0 bridgehead atoms. The van der Waals surface area contributed by atoms with Gasteiger partial charge in [-0.25, -0.2) is 9.50 Å². The van der Waals surface area contributed by atoms with E-state index in [1.807, 2.05) is 30.6 Å². The Morgan fingerprint density at radius 3 is 2.84 bits per heavy atom. The Morgan fingerprint density at radius 2 is 2.04 bits per heavy atom. The lowest BCUT2D eigenvalue weighted by molar-refractivity contribution is 0.0374. The number of aromatic nitrogens is 4. The number of hydrogen-bond donors (Lipinski definition) is 1. The number of morpholine rings is 1. The molecule has 0 aromatic carbocycles. The maximum atomic E-state index is 6.10. The zero-order chi connectivity index (χ0) is 17.1. The molecule has 0 saturated carbocycles. The fourth-order valence-electron chi connectivity index (χ4n) is 3.21. The van der Waals surface area contributed by atoms with Gasteiger partial charge in [0.25, 0.3) is 0 Å². The van der Waals surface area contributed by atoms with E-state index < -0.39 is 0 Å². The summed E-state index contributed by atoms with van der Waals surface area (Å²) in [5.74, 6) is 0.455. The normalized spacial score (nSPS) is 15.7. The quantitative estimate of drug-likeness (QED) is 0.762. The van der Waals surface area contributed by atoms with Crippen molar-refractivity contribution in [3.63, 3.8) is 0 Å². The Labute approximate surface area is 146 Å². The molecule has 0 radical (unpaired) electrons.